The van der Waals surface area contributed by atoms with Gasteiger partial charge in [-0.25, -0.2) is 4.79 Å². The molecular formula is C23H25N5O2. The first-order chi connectivity index (χ1) is 14.6. The van der Waals surface area contributed by atoms with E-state index < -0.39 is 11.9 Å². The number of carbonyl (C=O) groups excluding carboxylic acids is 2. The number of hydrogen-bond donors (Lipinski definition) is 1. The summed E-state index contributed by atoms with van der Waals surface area (Å²) in [6, 6.07) is 17.1. The van der Waals surface area contributed by atoms with Crippen LogP contribution in [0, 0.1) is 0 Å². The number of fused-ring (bicyclic) bond motifs is 1. The van der Waals surface area contributed by atoms with Gasteiger partial charge in [-0.3, -0.25) is 14.7 Å². The summed E-state index contributed by atoms with van der Waals surface area (Å²) in [5.41, 5.74) is 8.50. The predicted molar refractivity (Wildman–Crippen MR) is 117 cm³/mol. The van der Waals surface area contributed by atoms with Gasteiger partial charge in [0.05, 0.1) is 6.04 Å². The molecule has 30 heavy (non-hydrogen) atoms. The summed E-state index contributed by atoms with van der Waals surface area (Å²) in [6.45, 7) is 2.39. The van der Waals surface area contributed by atoms with E-state index in [0.717, 1.165) is 49.4 Å². The Morgan fingerprint density at radius 2 is 1.70 bits per heavy atom. The van der Waals surface area contributed by atoms with Crippen LogP contribution >= 0.6 is 0 Å². The highest BCUT2D eigenvalue weighted by Crippen LogP contribution is 2.36. The molecule has 2 fully saturated rings. The predicted octanol–water partition coefficient (Wildman–Crippen LogP) is 2.60. The van der Waals surface area contributed by atoms with E-state index in [2.05, 4.69) is 17.0 Å². The molecule has 2 saturated heterocycles. The van der Waals surface area contributed by atoms with Crippen LogP contribution in [0.4, 0.5) is 16.2 Å². The molecule has 2 aromatic rings. The third kappa shape index (κ3) is 3.01. The minimum Gasteiger partial charge on any atom is -0.368 e. The van der Waals surface area contributed by atoms with Crippen LogP contribution in [0.3, 0.4) is 0 Å². The first-order valence-electron chi connectivity index (χ1n) is 10.5. The van der Waals surface area contributed by atoms with Crippen molar-refractivity contribution in [3.8, 4) is 0 Å². The number of nitrogens with two attached hydrogens (primary N) is 1. The lowest BCUT2D eigenvalue weighted by Crippen LogP contribution is -2.46. The van der Waals surface area contributed by atoms with Crippen molar-refractivity contribution in [2.45, 2.75) is 31.3 Å². The third-order valence-corrected chi connectivity index (χ3v) is 6.21. The molecule has 2 aromatic carbocycles. The van der Waals surface area contributed by atoms with Crippen molar-refractivity contribution in [1.82, 2.24) is 4.90 Å². The van der Waals surface area contributed by atoms with E-state index in [1.807, 2.05) is 42.5 Å². The smallest absolute Gasteiger partial charge is 0.325 e. The number of amidine groups is 1. The monoisotopic (exact) mass is 403 g/mol. The van der Waals surface area contributed by atoms with Crippen molar-refractivity contribution in [3.05, 3.63) is 60.2 Å². The third-order valence-electron chi connectivity index (χ3n) is 6.21. The zero-order chi connectivity index (χ0) is 20.7. The quantitative estimate of drug-likeness (QED) is 0.852. The maximum Gasteiger partial charge on any atom is 0.325 e. The molecular weight excluding hydrogens is 378 g/mol. The van der Waals surface area contributed by atoms with Gasteiger partial charge in [-0.2, -0.15) is 0 Å². The van der Waals surface area contributed by atoms with E-state index in [0.29, 0.717) is 12.2 Å². The van der Waals surface area contributed by atoms with Gasteiger partial charge in [0.15, 0.2) is 0 Å². The van der Waals surface area contributed by atoms with Crippen LogP contribution in [0.5, 0.6) is 0 Å². The minimum absolute atomic E-state index is 0.117. The zero-order valence-corrected chi connectivity index (χ0v) is 16.8. The highest BCUT2D eigenvalue weighted by Gasteiger charge is 2.51. The second kappa shape index (κ2) is 7.48. The highest BCUT2D eigenvalue weighted by molar-refractivity contribution is 6.10. The van der Waals surface area contributed by atoms with Gasteiger partial charge in [0.25, 0.3) is 0 Å². The Hall–Kier alpha value is -3.35. The lowest BCUT2D eigenvalue weighted by atomic mass is 10.1. The summed E-state index contributed by atoms with van der Waals surface area (Å²) in [5, 5.41) is 0. The van der Waals surface area contributed by atoms with Crippen molar-refractivity contribution >= 4 is 29.1 Å². The molecule has 0 saturated carbocycles. The number of carbonyl (C=O) groups is 2. The maximum absolute atomic E-state index is 12.9. The summed E-state index contributed by atoms with van der Waals surface area (Å²) in [4.78, 5) is 35.4. The van der Waals surface area contributed by atoms with Crippen molar-refractivity contribution in [2.24, 2.45) is 10.7 Å². The van der Waals surface area contributed by atoms with Gasteiger partial charge < -0.3 is 15.5 Å². The number of anilines is 2. The number of amides is 3. The number of rotatable bonds is 4. The molecule has 2 N–H and O–H groups in total. The molecule has 7 nitrogen and oxygen atoms in total. The van der Waals surface area contributed by atoms with E-state index in [9.17, 15) is 9.59 Å². The van der Waals surface area contributed by atoms with Crippen LogP contribution in [-0.2, 0) is 4.79 Å². The Morgan fingerprint density at radius 1 is 0.967 bits per heavy atom. The molecule has 3 amide bonds. The lowest BCUT2D eigenvalue weighted by Gasteiger charge is -2.30. The standard InChI is InChI=1S/C23H25N5O2/c24-21(29)20-19-8-4-14-27(19)23(30)28(20)18-11-9-17(10-12-18)26-15-5-13-25-22(26)16-6-2-1-3-7-16/h1-3,6-7,9-12,19-20H,4-5,8,13-15H2,(H2,24,29)/t19-,20?/m1/s1. The van der Waals surface area contributed by atoms with E-state index in [-0.39, 0.29) is 12.1 Å². The van der Waals surface area contributed by atoms with Gasteiger partial charge in [-0.1, -0.05) is 30.3 Å². The van der Waals surface area contributed by atoms with E-state index in [1.54, 1.807) is 9.80 Å². The minimum atomic E-state index is -0.609. The molecule has 0 bridgehead atoms. The van der Waals surface area contributed by atoms with Crippen molar-refractivity contribution in [2.75, 3.05) is 29.4 Å². The van der Waals surface area contributed by atoms with Gasteiger partial charge in [-0.05, 0) is 43.5 Å². The van der Waals surface area contributed by atoms with Crippen molar-refractivity contribution in [3.63, 3.8) is 0 Å². The molecule has 3 aliphatic rings. The fourth-order valence-electron chi connectivity index (χ4n) is 4.86. The average Bonchev–Trinajstić information content (AvgIpc) is 3.36. The Kier molecular flexibility index (Phi) is 4.65. The number of nitrogens with zero attached hydrogens (tertiary/aromatic N) is 4. The SMILES string of the molecule is NC(=O)C1[C@H]2CCCN2C(=O)N1c1ccc(N2CCCN=C2c2ccccc2)cc1. The van der Waals surface area contributed by atoms with Crippen LogP contribution in [0.25, 0.3) is 0 Å². The van der Waals surface area contributed by atoms with Crippen molar-refractivity contribution in [1.29, 1.82) is 0 Å². The maximum atomic E-state index is 12.9. The summed E-state index contributed by atoms with van der Waals surface area (Å²) in [6.07, 6.45) is 2.73. The fourth-order valence-corrected chi connectivity index (χ4v) is 4.86. The number of aliphatic imine (C=N–C) groups is 1. The van der Waals surface area contributed by atoms with Crippen LogP contribution in [0.1, 0.15) is 24.8 Å². The zero-order valence-electron chi connectivity index (χ0n) is 16.8. The Morgan fingerprint density at radius 3 is 2.43 bits per heavy atom. The molecule has 7 heteroatoms. The molecule has 2 atom stereocenters. The molecule has 3 aliphatic heterocycles. The summed E-state index contributed by atoms with van der Waals surface area (Å²) < 4.78 is 0. The molecule has 0 radical (unpaired) electrons. The molecule has 3 heterocycles. The average molecular weight is 403 g/mol. The van der Waals surface area contributed by atoms with Gasteiger partial charge >= 0.3 is 6.03 Å². The largest absolute Gasteiger partial charge is 0.368 e. The molecule has 0 aliphatic carbocycles. The van der Waals surface area contributed by atoms with E-state index >= 15 is 0 Å². The Labute approximate surface area is 175 Å². The normalized spacial score (nSPS) is 23.5. The number of hydrogen-bond acceptors (Lipinski definition) is 4. The van der Waals surface area contributed by atoms with E-state index in [1.165, 1.54) is 0 Å². The Bertz CT molecular complexity index is 988. The lowest BCUT2D eigenvalue weighted by molar-refractivity contribution is -0.119. The van der Waals surface area contributed by atoms with Gasteiger partial charge in [0.2, 0.25) is 5.91 Å². The summed E-state index contributed by atoms with van der Waals surface area (Å²) in [7, 11) is 0. The number of primary amides is 1. The van der Waals surface area contributed by atoms with Crippen LogP contribution < -0.4 is 15.5 Å². The Balaban J connectivity index is 1.44. The molecule has 1 unspecified atom stereocenters. The first-order valence-corrected chi connectivity index (χ1v) is 10.5. The summed E-state index contributed by atoms with van der Waals surface area (Å²) >= 11 is 0. The number of urea groups is 1. The second-order valence-electron chi connectivity index (χ2n) is 8.00. The highest BCUT2D eigenvalue weighted by atomic mass is 16.2. The molecule has 0 spiro atoms. The fraction of sp³-hybridized carbons (Fsp3) is 0.348. The number of benzene rings is 2. The van der Waals surface area contributed by atoms with Gasteiger partial charge in [0.1, 0.15) is 11.9 Å². The van der Waals surface area contributed by atoms with Gasteiger partial charge in [-0.15, -0.1) is 0 Å². The van der Waals surface area contributed by atoms with Crippen LogP contribution in [0.15, 0.2) is 59.6 Å². The van der Waals surface area contributed by atoms with Crippen molar-refractivity contribution < 1.29 is 9.59 Å². The summed E-state index contributed by atoms with van der Waals surface area (Å²) in [5.74, 6) is 0.513. The second-order valence-corrected chi connectivity index (χ2v) is 8.00. The molecule has 0 aromatic heterocycles. The molecule has 5 rings (SSSR count). The topological polar surface area (TPSA) is 82.2 Å². The van der Waals surface area contributed by atoms with Gasteiger partial charge in [0, 0.05) is 36.6 Å². The molecule has 154 valence electrons. The first kappa shape index (κ1) is 18.7. The van der Waals surface area contributed by atoms with Crippen LogP contribution in [0.2, 0.25) is 0 Å². The van der Waals surface area contributed by atoms with Crippen LogP contribution in [-0.4, -0.2) is 54.4 Å². The van der Waals surface area contributed by atoms with E-state index in [4.69, 9.17) is 10.7 Å².